The molecule has 0 saturated carbocycles. The molecule has 0 fully saturated rings. The van der Waals surface area contributed by atoms with Gasteiger partial charge < -0.3 is 5.11 Å². The molecule has 0 aromatic carbocycles. The maximum atomic E-state index is 10.1. The Balaban J connectivity index is 0. The van der Waals surface area contributed by atoms with Crippen LogP contribution in [-0.4, -0.2) is 62.5 Å². The van der Waals surface area contributed by atoms with Crippen molar-refractivity contribution < 1.29 is 9.90 Å². The molecule has 0 radical (unpaired) electrons. The molecule has 0 aromatic rings. The Hall–Kier alpha value is 0.846. The third-order valence-corrected chi connectivity index (χ3v) is 1.80. The van der Waals surface area contributed by atoms with E-state index in [0.717, 1.165) is 25.7 Å². The summed E-state index contributed by atoms with van der Waals surface area (Å²) in [7, 11) is 0. The van der Waals surface area contributed by atoms with E-state index in [9.17, 15) is 4.79 Å². The second-order valence-corrected chi connectivity index (χ2v) is 2.99. The van der Waals surface area contributed by atoms with Crippen LogP contribution in [0.2, 0.25) is 0 Å². The summed E-state index contributed by atoms with van der Waals surface area (Å²) < 4.78 is 0. The van der Waals surface area contributed by atoms with E-state index in [-0.39, 0.29) is 51.4 Å². The molecule has 0 rings (SSSR count). The van der Waals surface area contributed by atoms with Crippen LogP contribution in [0.3, 0.4) is 0 Å². The van der Waals surface area contributed by atoms with Gasteiger partial charge >= 0.3 is 57.4 Å². The summed E-state index contributed by atoms with van der Waals surface area (Å²) in [5.41, 5.74) is 0. The third kappa shape index (κ3) is 15.6. The van der Waals surface area contributed by atoms with Crippen molar-refractivity contribution in [2.24, 2.45) is 0 Å². The first kappa shape index (κ1) is 16.3. The number of unbranched alkanes of at least 4 members (excludes halogenated alkanes) is 5. The molecule has 0 spiro atoms. The summed E-state index contributed by atoms with van der Waals surface area (Å²) in [6.45, 7) is 3.64. The number of carbonyl (C=O) groups is 1. The van der Waals surface area contributed by atoms with E-state index in [1.807, 2.05) is 6.08 Å². The van der Waals surface area contributed by atoms with Crippen LogP contribution >= 0.6 is 0 Å². The van der Waals surface area contributed by atoms with Crippen LogP contribution in [0.5, 0.6) is 0 Å². The fourth-order valence-corrected chi connectivity index (χ4v) is 1.10. The Morgan fingerprint density at radius 3 is 2.23 bits per heavy atom. The summed E-state index contributed by atoms with van der Waals surface area (Å²) >= 11 is 0. The predicted molar refractivity (Wildman–Crippen MR) is 57.3 cm³/mol. The molecule has 0 aliphatic rings. The molecule has 1 N–H and O–H groups in total. The first-order valence-electron chi connectivity index (χ1n) is 4.60. The van der Waals surface area contributed by atoms with Crippen molar-refractivity contribution in [2.45, 2.75) is 44.9 Å². The molecule has 72 valence electrons. The van der Waals surface area contributed by atoms with Gasteiger partial charge in [-0.25, -0.2) is 0 Å². The number of carboxylic acids is 1. The predicted octanol–water partition coefficient (Wildman–Crippen LogP) is 2.34. The van der Waals surface area contributed by atoms with Crippen LogP contribution in [0.15, 0.2) is 12.7 Å². The normalized spacial score (nSPS) is 8.92. The SMILES string of the molecule is C=CCCCCCCCC(=O)O.[KH]. The monoisotopic (exact) mass is 210 g/mol. The zero-order valence-corrected chi connectivity index (χ0v) is 7.59. The molecule has 13 heavy (non-hydrogen) atoms. The molecule has 0 heterocycles. The standard InChI is InChI=1S/C10H18O2.K.H/c1-2-3-4-5-6-7-8-9-10(11)12;;/h2H,1,3-9H2,(H,11,12);;. The molecule has 0 aliphatic heterocycles. The Kier molecular flexibility index (Phi) is 16.1. The average molecular weight is 210 g/mol. The van der Waals surface area contributed by atoms with Crippen molar-refractivity contribution >= 4 is 57.4 Å². The van der Waals surface area contributed by atoms with Crippen molar-refractivity contribution in [2.75, 3.05) is 0 Å². The molecule has 0 saturated heterocycles. The van der Waals surface area contributed by atoms with Crippen LogP contribution in [0.1, 0.15) is 44.9 Å². The summed E-state index contributed by atoms with van der Waals surface area (Å²) in [4.78, 5) is 10.1. The van der Waals surface area contributed by atoms with Gasteiger partial charge in [-0.1, -0.05) is 25.3 Å². The van der Waals surface area contributed by atoms with Gasteiger partial charge in [-0.15, -0.1) is 6.58 Å². The summed E-state index contributed by atoms with van der Waals surface area (Å²) in [5.74, 6) is -0.680. The molecule has 0 aliphatic carbocycles. The van der Waals surface area contributed by atoms with E-state index in [2.05, 4.69) is 6.58 Å². The second kappa shape index (κ2) is 12.8. The van der Waals surface area contributed by atoms with Crippen LogP contribution in [0.25, 0.3) is 0 Å². The number of rotatable bonds is 8. The van der Waals surface area contributed by atoms with E-state index in [1.54, 1.807) is 0 Å². The molecule has 0 aromatic heterocycles. The summed E-state index contributed by atoms with van der Waals surface area (Å²) in [5, 5.41) is 8.34. The molecule has 3 heteroatoms. The van der Waals surface area contributed by atoms with E-state index >= 15 is 0 Å². The molecular formula is C10H19KO2. The molecule has 0 amide bonds. The van der Waals surface area contributed by atoms with Crippen molar-refractivity contribution in [3.05, 3.63) is 12.7 Å². The Labute approximate surface area is 123 Å². The van der Waals surface area contributed by atoms with Crippen molar-refractivity contribution in [3.8, 4) is 0 Å². The topological polar surface area (TPSA) is 37.3 Å². The number of hydrogen-bond donors (Lipinski definition) is 1. The third-order valence-electron chi connectivity index (χ3n) is 1.80. The van der Waals surface area contributed by atoms with Crippen LogP contribution in [0.4, 0.5) is 0 Å². The molecule has 0 unspecified atom stereocenters. The maximum absolute atomic E-state index is 10.1. The first-order valence-corrected chi connectivity index (χ1v) is 4.60. The van der Waals surface area contributed by atoms with Gasteiger partial charge in [0.15, 0.2) is 0 Å². The second-order valence-electron chi connectivity index (χ2n) is 2.99. The fourth-order valence-electron chi connectivity index (χ4n) is 1.10. The van der Waals surface area contributed by atoms with E-state index in [1.165, 1.54) is 12.8 Å². The molecule has 0 bridgehead atoms. The van der Waals surface area contributed by atoms with Gasteiger partial charge in [0.2, 0.25) is 0 Å². The number of carboxylic acid groups (broad SMARTS) is 1. The van der Waals surface area contributed by atoms with E-state index in [0.29, 0.717) is 6.42 Å². The fraction of sp³-hybridized carbons (Fsp3) is 0.700. The van der Waals surface area contributed by atoms with Crippen LogP contribution in [-0.2, 0) is 4.79 Å². The van der Waals surface area contributed by atoms with Gasteiger partial charge in [-0.2, -0.15) is 0 Å². The molecule has 0 atom stereocenters. The quantitative estimate of drug-likeness (QED) is 0.379. The zero-order valence-electron chi connectivity index (χ0n) is 7.59. The van der Waals surface area contributed by atoms with Gasteiger partial charge in [0, 0.05) is 6.42 Å². The number of aliphatic carboxylic acids is 1. The van der Waals surface area contributed by atoms with E-state index < -0.39 is 5.97 Å². The minimum atomic E-state index is -0.680. The first-order chi connectivity index (χ1) is 5.77. The zero-order chi connectivity index (χ0) is 9.23. The van der Waals surface area contributed by atoms with Gasteiger partial charge in [0.1, 0.15) is 0 Å². The molecule has 2 nitrogen and oxygen atoms in total. The van der Waals surface area contributed by atoms with Gasteiger partial charge in [0.25, 0.3) is 0 Å². The van der Waals surface area contributed by atoms with Crippen molar-refractivity contribution in [1.29, 1.82) is 0 Å². The van der Waals surface area contributed by atoms with E-state index in [4.69, 9.17) is 5.11 Å². The summed E-state index contributed by atoms with van der Waals surface area (Å²) in [6, 6.07) is 0. The van der Waals surface area contributed by atoms with Crippen molar-refractivity contribution in [1.82, 2.24) is 0 Å². The summed E-state index contributed by atoms with van der Waals surface area (Å²) in [6.07, 6.45) is 8.74. The van der Waals surface area contributed by atoms with Gasteiger partial charge in [-0.3, -0.25) is 4.79 Å². The van der Waals surface area contributed by atoms with Crippen LogP contribution in [0, 0.1) is 0 Å². The van der Waals surface area contributed by atoms with Crippen LogP contribution < -0.4 is 0 Å². The molecular weight excluding hydrogens is 191 g/mol. The van der Waals surface area contributed by atoms with Crippen molar-refractivity contribution in [3.63, 3.8) is 0 Å². The number of hydrogen-bond acceptors (Lipinski definition) is 1. The average Bonchev–Trinajstić information content (AvgIpc) is 2.02. The van der Waals surface area contributed by atoms with Gasteiger partial charge in [0.05, 0.1) is 0 Å². The Morgan fingerprint density at radius 2 is 1.69 bits per heavy atom. The number of allylic oxidation sites excluding steroid dienone is 1. The minimum absolute atomic E-state index is 0. The Morgan fingerprint density at radius 1 is 1.15 bits per heavy atom. The Bertz CT molecular complexity index is 135. The van der Waals surface area contributed by atoms with Gasteiger partial charge in [-0.05, 0) is 19.3 Å².